The van der Waals surface area contributed by atoms with Crippen molar-refractivity contribution >= 4 is 11.8 Å². The molecule has 2 amide bonds. The normalized spacial score (nSPS) is 13.5. The van der Waals surface area contributed by atoms with E-state index in [1.165, 1.54) is 0 Å². The van der Waals surface area contributed by atoms with Crippen molar-refractivity contribution < 1.29 is 14.3 Å². The molecule has 6 heteroatoms. The van der Waals surface area contributed by atoms with Gasteiger partial charge in [0.1, 0.15) is 17.1 Å². The average molecular weight is 353 g/mol. The Kier molecular flexibility index (Phi) is 5.51. The maximum absolute atomic E-state index is 12.7. The highest BCUT2D eigenvalue weighted by Crippen LogP contribution is 2.16. The van der Waals surface area contributed by atoms with Crippen LogP contribution < -0.4 is 4.74 Å². The zero-order valence-electron chi connectivity index (χ0n) is 15.1. The lowest BCUT2D eigenvalue weighted by molar-refractivity contribution is 0.0774. The van der Waals surface area contributed by atoms with Gasteiger partial charge in [-0.1, -0.05) is 18.2 Å². The summed E-state index contributed by atoms with van der Waals surface area (Å²) in [7, 11) is 3.33. The summed E-state index contributed by atoms with van der Waals surface area (Å²) in [5.41, 5.74) is 1.57. The third kappa shape index (κ3) is 4.02. The van der Waals surface area contributed by atoms with Gasteiger partial charge in [0.05, 0.1) is 7.11 Å². The molecule has 1 aromatic heterocycles. The largest absolute Gasteiger partial charge is 0.497 e. The third-order valence-electron chi connectivity index (χ3n) is 4.48. The predicted molar refractivity (Wildman–Crippen MR) is 98.2 cm³/mol. The van der Waals surface area contributed by atoms with Crippen molar-refractivity contribution in [1.29, 1.82) is 0 Å². The standard InChI is InChI=1S/C20H23N3O3/c1-22(14-15-7-5-8-16(13-15)26-2)19(24)17-9-6-10-18(21-17)20(25)23-11-3-4-12-23/h5-10,13H,3-4,11-12,14H2,1-2H3. The zero-order valence-corrected chi connectivity index (χ0v) is 15.1. The lowest BCUT2D eigenvalue weighted by atomic mass is 10.2. The number of pyridine rings is 1. The molecule has 0 radical (unpaired) electrons. The van der Waals surface area contributed by atoms with Crippen molar-refractivity contribution in [3.8, 4) is 5.75 Å². The number of likely N-dealkylation sites (tertiary alicyclic amines) is 1. The highest BCUT2D eigenvalue weighted by molar-refractivity contribution is 5.96. The van der Waals surface area contributed by atoms with Crippen LogP contribution in [0.5, 0.6) is 5.75 Å². The molecule has 1 aliphatic rings. The highest BCUT2D eigenvalue weighted by Gasteiger charge is 2.22. The van der Waals surface area contributed by atoms with Crippen LogP contribution in [0.2, 0.25) is 0 Å². The van der Waals surface area contributed by atoms with E-state index < -0.39 is 0 Å². The molecule has 0 unspecified atom stereocenters. The van der Waals surface area contributed by atoms with E-state index in [2.05, 4.69) is 4.98 Å². The van der Waals surface area contributed by atoms with Gasteiger partial charge >= 0.3 is 0 Å². The lowest BCUT2D eigenvalue weighted by Crippen LogP contribution is -2.30. The maximum Gasteiger partial charge on any atom is 0.272 e. The SMILES string of the molecule is COc1cccc(CN(C)C(=O)c2cccc(C(=O)N3CCCC3)n2)c1. The van der Waals surface area contributed by atoms with Gasteiger partial charge in [-0.25, -0.2) is 4.98 Å². The average Bonchev–Trinajstić information content (AvgIpc) is 3.21. The van der Waals surface area contributed by atoms with Gasteiger partial charge in [0.2, 0.25) is 0 Å². The van der Waals surface area contributed by atoms with Gasteiger partial charge in [0.25, 0.3) is 11.8 Å². The topological polar surface area (TPSA) is 62.7 Å². The van der Waals surface area contributed by atoms with Crippen LogP contribution in [0.4, 0.5) is 0 Å². The molecule has 2 heterocycles. The third-order valence-corrected chi connectivity index (χ3v) is 4.48. The molecular formula is C20H23N3O3. The fourth-order valence-electron chi connectivity index (χ4n) is 3.07. The summed E-state index contributed by atoms with van der Waals surface area (Å²) in [5, 5.41) is 0. The molecule has 0 saturated carbocycles. The first-order valence-corrected chi connectivity index (χ1v) is 8.73. The Morgan fingerprint density at radius 2 is 1.81 bits per heavy atom. The second kappa shape index (κ2) is 7.99. The Morgan fingerprint density at radius 1 is 1.12 bits per heavy atom. The molecule has 1 fully saturated rings. The van der Waals surface area contributed by atoms with E-state index in [1.807, 2.05) is 24.3 Å². The summed E-state index contributed by atoms with van der Waals surface area (Å²) >= 11 is 0. The number of aromatic nitrogens is 1. The zero-order chi connectivity index (χ0) is 18.5. The molecule has 136 valence electrons. The minimum atomic E-state index is -0.219. The second-order valence-electron chi connectivity index (χ2n) is 6.42. The number of amides is 2. The van der Waals surface area contributed by atoms with Gasteiger partial charge in [-0.15, -0.1) is 0 Å². The maximum atomic E-state index is 12.7. The van der Waals surface area contributed by atoms with Gasteiger partial charge in [-0.05, 0) is 42.7 Å². The summed E-state index contributed by atoms with van der Waals surface area (Å²) in [4.78, 5) is 32.9. The van der Waals surface area contributed by atoms with Gasteiger partial charge in [-0.2, -0.15) is 0 Å². The van der Waals surface area contributed by atoms with Crippen LogP contribution in [0.1, 0.15) is 39.4 Å². The van der Waals surface area contributed by atoms with Crippen molar-refractivity contribution in [3.05, 3.63) is 59.4 Å². The fourth-order valence-corrected chi connectivity index (χ4v) is 3.07. The molecule has 0 N–H and O–H groups in total. The van der Waals surface area contributed by atoms with Crippen LogP contribution in [0, 0.1) is 0 Å². The first kappa shape index (κ1) is 17.9. The molecule has 1 saturated heterocycles. The number of hydrogen-bond acceptors (Lipinski definition) is 4. The van der Waals surface area contributed by atoms with E-state index in [9.17, 15) is 9.59 Å². The van der Waals surface area contributed by atoms with E-state index in [0.717, 1.165) is 37.2 Å². The van der Waals surface area contributed by atoms with Crippen molar-refractivity contribution in [2.45, 2.75) is 19.4 Å². The Morgan fingerprint density at radius 3 is 2.54 bits per heavy atom. The summed E-state index contributed by atoms with van der Waals surface area (Å²) in [6.45, 7) is 1.95. The molecule has 0 spiro atoms. The summed E-state index contributed by atoms with van der Waals surface area (Å²) in [6, 6.07) is 12.6. The first-order chi connectivity index (χ1) is 12.6. The van der Waals surface area contributed by atoms with E-state index in [1.54, 1.807) is 42.2 Å². The molecule has 1 aliphatic heterocycles. The van der Waals surface area contributed by atoms with Crippen LogP contribution >= 0.6 is 0 Å². The minimum absolute atomic E-state index is 0.104. The lowest BCUT2D eigenvalue weighted by Gasteiger charge is -2.18. The van der Waals surface area contributed by atoms with Crippen LogP contribution in [-0.4, -0.2) is 53.8 Å². The van der Waals surface area contributed by atoms with Crippen molar-refractivity contribution in [2.75, 3.05) is 27.2 Å². The first-order valence-electron chi connectivity index (χ1n) is 8.73. The van der Waals surface area contributed by atoms with Crippen LogP contribution in [0.3, 0.4) is 0 Å². The second-order valence-corrected chi connectivity index (χ2v) is 6.42. The number of carbonyl (C=O) groups excluding carboxylic acids is 2. The van der Waals surface area contributed by atoms with Crippen LogP contribution in [0.25, 0.3) is 0 Å². The molecule has 6 nitrogen and oxygen atoms in total. The van der Waals surface area contributed by atoms with Gasteiger partial charge < -0.3 is 14.5 Å². The molecule has 0 aliphatic carbocycles. The quantitative estimate of drug-likeness (QED) is 0.829. The van der Waals surface area contributed by atoms with Crippen LogP contribution in [-0.2, 0) is 6.54 Å². The molecule has 0 atom stereocenters. The smallest absolute Gasteiger partial charge is 0.272 e. The van der Waals surface area contributed by atoms with Gasteiger partial charge in [0.15, 0.2) is 0 Å². The van der Waals surface area contributed by atoms with Crippen molar-refractivity contribution in [2.24, 2.45) is 0 Å². The van der Waals surface area contributed by atoms with Crippen molar-refractivity contribution in [1.82, 2.24) is 14.8 Å². The Bertz CT molecular complexity index is 800. The number of benzene rings is 1. The number of rotatable bonds is 5. The Balaban J connectivity index is 1.72. The number of hydrogen-bond donors (Lipinski definition) is 0. The van der Waals surface area contributed by atoms with E-state index in [4.69, 9.17) is 4.74 Å². The van der Waals surface area contributed by atoms with E-state index in [0.29, 0.717) is 12.2 Å². The molecule has 0 bridgehead atoms. The highest BCUT2D eigenvalue weighted by atomic mass is 16.5. The summed E-state index contributed by atoms with van der Waals surface area (Å²) in [5.74, 6) is 0.427. The summed E-state index contributed by atoms with van der Waals surface area (Å²) < 4.78 is 5.21. The molecule has 1 aromatic carbocycles. The monoisotopic (exact) mass is 353 g/mol. The number of carbonyl (C=O) groups is 2. The van der Waals surface area contributed by atoms with E-state index >= 15 is 0 Å². The molecular weight excluding hydrogens is 330 g/mol. The van der Waals surface area contributed by atoms with Crippen LogP contribution in [0.15, 0.2) is 42.5 Å². The van der Waals surface area contributed by atoms with E-state index in [-0.39, 0.29) is 17.5 Å². The molecule has 3 rings (SSSR count). The predicted octanol–water partition coefficient (Wildman–Crippen LogP) is 2.60. The van der Waals surface area contributed by atoms with Gasteiger partial charge in [0, 0.05) is 26.7 Å². The fraction of sp³-hybridized carbons (Fsp3) is 0.350. The Hall–Kier alpha value is -2.89. The minimum Gasteiger partial charge on any atom is -0.497 e. The van der Waals surface area contributed by atoms with Crippen molar-refractivity contribution in [3.63, 3.8) is 0 Å². The number of nitrogens with zero attached hydrogens (tertiary/aromatic N) is 3. The number of methoxy groups -OCH3 is 1. The van der Waals surface area contributed by atoms with Gasteiger partial charge in [-0.3, -0.25) is 9.59 Å². The molecule has 26 heavy (non-hydrogen) atoms. The number of ether oxygens (including phenoxy) is 1. The molecule has 2 aromatic rings. The Labute approximate surface area is 153 Å². The summed E-state index contributed by atoms with van der Waals surface area (Å²) in [6.07, 6.45) is 2.04.